The van der Waals surface area contributed by atoms with Gasteiger partial charge in [-0.2, -0.15) is 0 Å². The van der Waals surface area contributed by atoms with Crippen LogP contribution in [0.3, 0.4) is 0 Å². The lowest BCUT2D eigenvalue weighted by molar-refractivity contribution is 0.113. The first kappa shape index (κ1) is 13.5. The highest BCUT2D eigenvalue weighted by Gasteiger charge is 2.11. The third-order valence-corrected chi connectivity index (χ3v) is 3.54. The molecule has 0 fully saturated rings. The van der Waals surface area contributed by atoms with Gasteiger partial charge in [0.25, 0.3) is 0 Å². The van der Waals surface area contributed by atoms with Gasteiger partial charge >= 0.3 is 0 Å². The molecule has 4 heteroatoms. The largest absolute Gasteiger partial charge is 0.394 e. The normalized spacial score (nSPS) is 14.8. The van der Waals surface area contributed by atoms with Crippen molar-refractivity contribution in [1.82, 2.24) is 0 Å². The molecule has 1 aromatic carbocycles. The van der Waals surface area contributed by atoms with Crippen LogP contribution >= 0.6 is 11.8 Å². The van der Waals surface area contributed by atoms with Gasteiger partial charge in [0.05, 0.1) is 18.8 Å². The number of benzene rings is 1. The van der Waals surface area contributed by atoms with Crippen LogP contribution in [0.5, 0.6) is 0 Å². The Kier molecular flexibility index (Phi) is 5.84. The first-order valence-corrected chi connectivity index (χ1v) is 6.36. The number of hydrogen-bond acceptors (Lipinski definition) is 4. The van der Waals surface area contributed by atoms with Crippen LogP contribution in [0, 0.1) is 0 Å². The van der Waals surface area contributed by atoms with E-state index in [9.17, 15) is 10.2 Å². The molecule has 16 heavy (non-hydrogen) atoms. The first-order chi connectivity index (χ1) is 7.69. The number of thioether (sulfide) groups is 1. The lowest BCUT2D eigenvalue weighted by Crippen LogP contribution is -2.14. The maximum absolute atomic E-state index is 9.81. The average Bonchev–Trinajstić information content (AvgIpc) is 2.35. The van der Waals surface area contributed by atoms with E-state index in [-0.39, 0.29) is 6.61 Å². The third kappa shape index (κ3) is 3.79. The van der Waals surface area contributed by atoms with Crippen molar-refractivity contribution in [1.29, 1.82) is 0 Å². The summed E-state index contributed by atoms with van der Waals surface area (Å²) in [5.41, 5.74) is 0.889. The van der Waals surface area contributed by atoms with Gasteiger partial charge in [-0.05, 0) is 18.1 Å². The SMILES string of the molecule is CC[C@@H](O)c1ccccc1SCC(O)CO. The number of aliphatic hydroxyl groups is 3. The fraction of sp³-hybridized carbons (Fsp3) is 0.500. The van der Waals surface area contributed by atoms with Crippen molar-refractivity contribution in [3.05, 3.63) is 29.8 Å². The van der Waals surface area contributed by atoms with Crippen LogP contribution in [0.4, 0.5) is 0 Å². The summed E-state index contributed by atoms with van der Waals surface area (Å²) < 4.78 is 0. The predicted molar refractivity (Wildman–Crippen MR) is 65.5 cm³/mol. The summed E-state index contributed by atoms with van der Waals surface area (Å²) >= 11 is 1.45. The van der Waals surface area contributed by atoms with Gasteiger partial charge in [0.15, 0.2) is 0 Å². The van der Waals surface area contributed by atoms with E-state index in [1.165, 1.54) is 11.8 Å². The van der Waals surface area contributed by atoms with Gasteiger partial charge in [0.2, 0.25) is 0 Å². The van der Waals surface area contributed by atoms with Crippen LogP contribution < -0.4 is 0 Å². The van der Waals surface area contributed by atoms with Crippen molar-refractivity contribution in [3.63, 3.8) is 0 Å². The molecule has 0 saturated heterocycles. The van der Waals surface area contributed by atoms with E-state index in [1.54, 1.807) is 0 Å². The Balaban J connectivity index is 2.71. The standard InChI is InChI=1S/C12H18O3S/c1-2-11(15)10-5-3-4-6-12(10)16-8-9(14)7-13/h3-6,9,11,13-15H,2,7-8H2,1H3/t9?,11-/m1/s1. The van der Waals surface area contributed by atoms with Crippen LogP contribution in [0.2, 0.25) is 0 Å². The minimum Gasteiger partial charge on any atom is -0.394 e. The van der Waals surface area contributed by atoms with Crippen molar-refractivity contribution in [2.45, 2.75) is 30.4 Å². The van der Waals surface area contributed by atoms with Gasteiger partial charge in [0, 0.05) is 10.6 Å². The highest BCUT2D eigenvalue weighted by Crippen LogP contribution is 2.29. The monoisotopic (exact) mass is 242 g/mol. The highest BCUT2D eigenvalue weighted by atomic mass is 32.2. The molecular weight excluding hydrogens is 224 g/mol. The Morgan fingerprint density at radius 3 is 2.56 bits per heavy atom. The van der Waals surface area contributed by atoms with Crippen molar-refractivity contribution in [2.75, 3.05) is 12.4 Å². The maximum Gasteiger partial charge on any atom is 0.0864 e. The molecule has 0 saturated carbocycles. The molecule has 0 aliphatic carbocycles. The minimum absolute atomic E-state index is 0.231. The van der Waals surface area contributed by atoms with Crippen LogP contribution in [-0.4, -0.2) is 33.8 Å². The molecule has 0 spiro atoms. The summed E-state index contributed by atoms with van der Waals surface area (Å²) in [6.07, 6.45) is -0.507. The van der Waals surface area contributed by atoms with Gasteiger partial charge in [-0.15, -0.1) is 11.8 Å². The van der Waals surface area contributed by atoms with Crippen LogP contribution in [0.15, 0.2) is 29.2 Å². The molecule has 90 valence electrons. The third-order valence-electron chi connectivity index (χ3n) is 2.31. The Bertz CT molecular complexity index is 317. The summed E-state index contributed by atoms with van der Waals surface area (Å²) in [4.78, 5) is 0.962. The minimum atomic E-state index is -0.711. The summed E-state index contributed by atoms with van der Waals surface area (Å²) in [7, 11) is 0. The molecule has 3 nitrogen and oxygen atoms in total. The summed E-state index contributed by atoms with van der Waals surface area (Å²) in [6.45, 7) is 1.69. The second-order valence-electron chi connectivity index (χ2n) is 3.61. The van der Waals surface area contributed by atoms with E-state index in [2.05, 4.69) is 0 Å². The second kappa shape index (κ2) is 6.91. The smallest absolute Gasteiger partial charge is 0.0864 e. The molecule has 0 bridgehead atoms. The topological polar surface area (TPSA) is 60.7 Å². The zero-order valence-electron chi connectivity index (χ0n) is 9.34. The van der Waals surface area contributed by atoms with Crippen LogP contribution in [0.1, 0.15) is 25.0 Å². The molecule has 3 N–H and O–H groups in total. The average molecular weight is 242 g/mol. The Labute approximate surface area is 100 Å². The quantitative estimate of drug-likeness (QED) is 0.663. The van der Waals surface area contributed by atoms with Gasteiger partial charge in [0.1, 0.15) is 0 Å². The molecule has 1 unspecified atom stereocenters. The van der Waals surface area contributed by atoms with Gasteiger partial charge < -0.3 is 15.3 Å². The molecule has 0 heterocycles. The number of aliphatic hydroxyl groups excluding tert-OH is 3. The predicted octanol–water partition coefficient (Wildman–Crippen LogP) is 1.58. The molecule has 0 aliphatic rings. The van der Waals surface area contributed by atoms with Gasteiger partial charge in [-0.3, -0.25) is 0 Å². The summed E-state index contributed by atoms with van der Waals surface area (Å²) in [5, 5.41) is 27.8. The molecule has 1 rings (SSSR count). The molecule has 0 amide bonds. The number of hydrogen-bond donors (Lipinski definition) is 3. The Morgan fingerprint density at radius 1 is 1.25 bits per heavy atom. The lowest BCUT2D eigenvalue weighted by Gasteiger charge is -2.14. The van der Waals surface area contributed by atoms with Gasteiger partial charge in [-0.25, -0.2) is 0 Å². The second-order valence-corrected chi connectivity index (χ2v) is 4.67. The maximum atomic E-state index is 9.81. The summed E-state index contributed by atoms with van der Waals surface area (Å²) in [6, 6.07) is 7.60. The molecule has 1 aromatic rings. The van der Waals surface area contributed by atoms with E-state index in [4.69, 9.17) is 5.11 Å². The molecular formula is C12H18O3S. The highest BCUT2D eigenvalue weighted by molar-refractivity contribution is 7.99. The molecule has 0 aliphatic heterocycles. The number of rotatable bonds is 6. The molecule has 0 radical (unpaired) electrons. The molecule has 2 atom stereocenters. The van der Waals surface area contributed by atoms with Crippen molar-refractivity contribution >= 4 is 11.8 Å². The van der Waals surface area contributed by atoms with Crippen molar-refractivity contribution < 1.29 is 15.3 Å². The lowest BCUT2D eigenvalue weighted by atomic mass is 10.1. The van der Waals surface area contributed by atoms with E-state index in [1.807, 2.05) is 31.2 Å². The van der Waals surface area contributed by atoms with E-state index in [0.717, 1.165) is 10.5 Å². The summed E-state index contributed by atoms with van der Waals surface area (Å²) in [5.74, 6) is 0.434. The van der Waals surface area contributed by atoms with E-state index >= 15 is 0 Å². The zero-order valence-corrected chi connectivity index (χ0v) is 10.2. The van der Waals surface area contributed by atoms with Crippen LogP contribution in [-0.2, 0) is 0 Å². The van der Waals surface area contributed by atoms with E-state index in [0.29, 0.717) is 12.2 Å². The van der Waals surface area contributed by atoms with Crippen molar-refractivity contribution in [3.8, 4) is 0 Å². The Hall–Kier alpha value is -0.550. The molecule has 0 aromatic heterocycles. The fourth-order valence-corrected chi connectivity index (χ4v) is 2.37. The Morgan fingerprint density at radius 2 is 1.94 bits per heavy atom. The van der Waals surface area contributed by atoms with E-state index < -0.39 is 12.2 Å². The fourth-order valence-electron chi connectivity index (χ4n) is 1.35. The zero-order chi connectivity index (χ0) is 12.0. The van der Waals surface area contributed by atoms with Gasteiger partial charge in [-0.1, -0.05) is 25.1 Å². The van der Waals surface area contributed by atoms with Crippen molar-refractivity contribution in [2.24, 2.45) is 0 Å². The van der Waals surface area contributed by atoms with Crippen LogP contribution in [0.25, 0.3) is 0 Å². The first-order valence-electron chi connectivity index (χ1n) is 5.37.